The maximum absolute atomic E-state index is 11.8. The van der Waals surface area contributed by atoms with Crippen LogP contribution >= 0.6 is 0 Å². The van der Waals surface area contributed by atoms with Crippen LogP contribution in [0, 0.1) is 5.41 Å². The number of ketones is 1. The van der Waals surface area contributed by atoms with E-state index < -0.39 is 0 Å². The van der Waals surface area contributed by atoms with E-state index >= 15 is 0 Å². The molecule has 0 aliphatic heterocycles. The number of allylic oxidation sites excluding steroid dienone is 5. The highest BCUT2D eigenvalue weighted by Gasteiger charge is 2.14. The Morgan fingerprint density at radius 3 is 2.71 bits per heavy atom. The Balaban J connectivity index is 2.97. The van der Waals surface area contributed by atoms with Gasteiger partial charge in [0.25, 0.3) is 0 Å². The second kappa shape index (κ2) is 5.97. The van der Waals surface area contributed by atoms with Crippen LogP contribution in [-0.2, 0) is 4.79 Å². The summed E-state index contributed by atoms with van der Waals surface area (Å²) >= 11 is 0. The Kier molecular flexibility index (Phi) is 4.88. The second-order valence-corrected chi connectivity index (χ2v) is 5.34. The number of aliphatic hydroxyl groups is 1. The van der Waals surface area contributed by atoms with Crippen molar-refractivity contribution in [2.75, 3.05) is 6.61 Å². The van der Waals surface area contributed by atoms with E-state index in [1.54, 1.807) is 6.08 Å². The zero-order valence-electron chi connectivity index (χ0n) is 11.0. The molecule has 0 atom stereocenters. The molecule has 2 heteroatoms. The Morgan fingerprint density at radius 2 is 2.06 bits per heavy atom. The summed E-state index contributed by atoms with van der Waals surface area (Å²) in [7, 11) is 0. The van der Waals surface area contributed by atoms with Crippen molar-refractivity contribution in [3.05, 3.63) is 35.5 Å². The summed E-state index contributed by atoms with van der Waals surface area (Å²) in [5.74, 6) is 0.0884. The topological polar surface area (TPSA) is 37.3 Å². The van der Waals surface area contributed by atoms with Crippen molar-refractivity contribution in [1.29, 1.82) is 0 Å². The molecule has 1 aliphatic rings. The van der Waals surface area contributed by atoms with Gasteiger partial charge in [0, 0.05) is 0 Å². The molecule has 0 unspecified atom stereocenters. The minimum atomic E-state index is -0.0410. The number of carbonyl (C=O) groups excluding carboxylic acids is 1. The van der Waals surface area contributed by atoms with Crippen LogP contribution < -0.4 is 0 Å². The minimum Gasteiger partial charge on any atom is -0.392 e. The third-order valence-corrected chi connectivity index (χ3v) is 3.11. The molecule has 2 nitrogen and oxygen atoms in total. The lowest BCUT2D eigenvalue weighted by atomic mass is 9.87. The van der Waals surface area contributed by atoms with Crippen LogP contribution in [0.4, 0.5) is 0 Å². The summed E-state index contributed by atoms with van der Waals surface area (Å²) in [6, 6.07) is 0. The van der Waals surface area contributed by atoms with Crippen molar-refractivity contribution in [3.8, 4) is 0 Å². The summed E-state index contributed by atoms with van der Waals surface area (Å²) in [5, 5.41) is 9.25. The molecule has 1 aliphatic carbocycles. The van der Waals surface area contributed by atoms with Gasteiger partial charge in [0.05, 0.1) is 6.61 Å². The van der Waals surface area contributed by atoms with E-state index in [2.05, 4.69) is 19.9 Å². The largest absolute Gasteiger partial charge is 0.392 e. The highest BCUT2D eigenvalue weighted by Crippen LogP contribution is 2.25. The van der Waals surface area contributed by atoms with Crippen molar-refractivity contribution in [1.82, 2.24) is 0 Å². The molecule has 0 spiro atoms. The molecule has 0 saturated carbocycles. The summed E-state index contributed by atoms with van der Waals surface area (Å²) < 4.78 is 0. The van der Waals surface area contributed by atoms with Gasteiger partial charge in [0.1, 0.15) is 0 Å². The molecule has 0 aromatic rings. The van der Waals surface area contributed by atoms with E-state index in [-0.39, 0.29) is 17.8 Å². The number of hydrogen-bond donors (Lipinski definition) is 1. The Hall–Kier alpha value is -1.15. The van der Waals surface area contributed by atoms with Gasteiger partial charge in [-0.05, 0) is 48.8 Å². The highest BCUT2D eigenvalue weighted by atomic mass is 16.3. The van der Waals surface area contributed by atoms with Crippen LogP contribution in [0.5, 0.6) is 0 Å². The standard InChI is InChI=1S/C15H22O2/c1-12-5-4-6-13(11-16)7-9-15(2,3)10-8-14(12)17/h5,7-8,10,16H,4,6,9,11H2,1-3H3/b10-8-,12-5-,13-7+. The lowest BCUT2D eigenvalue weighted by Gasteiger charge is -2.18. The van der Waals surface area contributed by atoms with Crippen molar-refractivity contribution < 1.29 is 9.90 Å². The van der Waals surface area contributed by atoms with Crippen LogP contribution in [0.15, 0.2) is 35.5 Å². The van der Waals surface area contributed by atoms with Crippen molar-refractivity contribution >= 4 is 5.78 Å². The maximum Gasteiger partial charge on any atom is 0.180 e. The molecule has 1 rings (SSSR count). The number of hydrogen-bond acceptors (Lipinski definition) is 2. The molecular formula is C15H22O2. The molecule has 0 bridgehead atoms. The molecule has 0 amide bonds. The number of rotatable bonds is 1. The van der Waals surface area contributed by atoms with Gasteiger partial charge in [-0.1, -0.05) is 32.1 Å². The first-order valence-corrected chi connectivity index (χ1v) is 6.14. The van der Waals surface area contributed by atoms with Crippen molar-refractivity contribution in [3.63, 3.8) is 0 Å². The third kappa shape index (κ3) is 4.70. The van der Waals surface area contributed by atoms with Gasteiger partial charge in [0.2, 0.25) is 0 Å². The van der Waals surface area contributed by atoms with E-state index in [1.807, 2.05) is 19.1 Å². The summed E-state index contributed by atoms with van der Waals surface area (Å²) in [6.45, 7) is 6.15. The van der Waals surface area contributed by atoms with Gasteiger partial charge < -0.3 is 5.11 Å². The summed E-state index contributed by atoms with van der Waals surface area (Å²) in [5.41, 5.74) is 1.81. The first-order chi connectivity index (χ1) is 7.94. The van der Waals surface area contributed by atoms with Gasteiger partial charge in [-0.3, -0.25) is 4.79 Å². The fraction of sp³-hybridized carbons (Fsp3) is 0.533. The van der Waals surface area contributed by atoms with Gasteiger partial charge in [0.15, 0.2) is 5.78 Å². The Bertz CT molecular complexity index is 370. The van der Waals surface area contributed by atoms with Crippen LogP contribution in [0.1, 0.15) is 40.0 Å². The lowest BCUT2D eigenvalue weighted by molar-refractivity contribution is -0.111. The fourth-order valence-electron chi connectivity index (χ4n) is 1.73. The molecule has 1 N–H and O–H groups in total. The summed E-state index contributed by atoms with van der Waals surface area (Å²) in [4.78, 5) is 11.8. The van der Waals surface area contributed by atoms with Gasteiger partial charge >= 0.3 is 0 Å². The van der Waals surface area contributed by atoms with Gasteiger partial charge in [-0.25, -0.2) is 0 Å². The first-order valence-electron chi connectivity index (χ1n) is 6.14. The predicted octanol–water partition coefficient (Wildman–Crippen LogP) is 3.19. The van der Waals surface area contributed by atoms with Crippen LogP contribution in [0.2, 0.25) is 0 Å². The quantitative estimate of drug-likeness (QED) is 0.707. The van der Waals surface area contributed by atoms with Crippen LogP contribution in [0.3, 0.4) is 0 Å². The van der Waals surface area contributed by atoms with E-state index in [1.165, 1.54) is 0 Å². The molecule has 0 saturated heterocycles. The molecule has 0 radical (unpaired) electrons. The van der Waals surface area contributed by atoms with E-state index in [9.17, 15) is 9.90 Å². The highest BCUT2D eigenvalue weighted by molar-refractivity contribution is 6.03. The SMILES string of the molecule is C/C1=C/CC/C(CO)=C\CC(C)(C)/C=C\C1=O. The Morgan fingerprint density at radius 1 is 1.35 bits per heavy atom. The normalized spacial score (nSPS) is 29.5. The van der Waals surface area contributed by atoms with E-state index in [0.717, 1.165) is 30.4 Å². The molecule has 94 valence electrons. The molecule has 0 heterocycles. The van der Waals surface area contributed by atoms with Crippen LogP contribution in [0.25, 0.3) is 0 Å². The summed E-state index contributed by atoms with van der Waals surface area (Å²) in [6.07, 6.45) is 10.2. The minimum absolute atomic E-state index is 0.0410. The van der Waals surface area contributed by atoms with Gasteiger partial charge in [-0.15, -0.1) is 0 Å². The lowest BCUT2D eigenvalue weighted by Crippen LogP contribution is -2.07. The zero-order chi connectivity index (χ0) is 12.9. The van der Waals surface area contributed by atoms with E-state index in [4.69, 9.17) is 0 Å². The van der Waals surface area contributed by atoms with Crippen LogP contribution in [-0.4, -0.2) is 17.5 Å². The molecule has 0 aromatic heterocycles. The predicted molar refractivity (Wildman–Crippen MR) is 70.7 cm³/mol. The molecular weight excluding hydrogens is 212 g/mol. The molecule has 17 heavy (non-hydrogen) atoms. The molecule has 0 fully saturated rings. The zero-order valence-corrected chi connectivity index (χ0v) is 11.0. The average molecular weight is 234 g/mol. The monoisotopic (exact) mass is 234 g/mol. The fourth-order valence-corrected chi connectivity index (χ4v) is 1.73. The maximum atomic E-state index is 11.8. The third-order valence-electron chi connectivity index (χ3n) is 3.11. The van der Waals surface area contributed by atoms with Crippen molar-refractivity contribution in [2.45, 2.75) is 40.0 Å². The average Bonchev–Trinajstić information content (AvgIpc) is 2.31. The smallest absolute Gasteiger partial charge is 0.180 e. The number of aliphatic hydroxyl groups excluding tert-OH is 1. The van der Waals surface area contributed by atoms with E-state index in [0.29, 0.717) is 0 Å². The number of carbonyl (C=O) groups is 1. The van der Waals surface area contributed by atoms with Crippen molar-refractivity contribution in [2.24, 2.45) is 5.41 Å². The first kappa shape index (κ1) is 13.9. The Labute approximate surface area is 104 Å². The van der Waals surface area contributed by atoms with Gasteiger partial charge in [-0.2, -0.15) is 0 Å². The second-order valence-electron chi connectivity index (χ2n) is 5.34. The molecule has 0 aromatic carbocycles.